The minimum atomic E-state index is 0.870. The maximum absolute atomic E-state index is 4.29. The van der Waals surface area contributed by atoms with E-state index in [0.29, 0.717) is 0 Å². The lowest BCUT2D eigenvalue weighted by atomic mass is 10.3. The molecule has 0 amide bonds. The van der Waals surface area contributed by atoms with Crippen LogP contribution in [0.2, 0.25) is 0 Å². The van der Waals surface area contributed by atoms with Crippen molar-refractivity contribution in [1.29, 1.82) is 0 Å². The summed E-state index contributed by atoms with van der Waals surface area (Å²) in [6, 6.07) is 6.04. The zero-order valence-electron chi connectivity index (χ0n) is 10.9. The monoisotopic (exact) mass is 233 g/mol. The van der Waals surface area contributed by atoms with E-state index in [-0.39, 0.29) is 0 Å². The quantitative estimate of drug-likeness (QED) is 0.727. The lowest BCUT2D eigenvalue weighted by molar-refractivity contribution is 0.313. The Morgan fingerprint density at radius 3 is 2.94 bits per heavy atom. The van der Waals surface area contributed by atoms with E-state index >= 15 is 0 Å². The summed E-state index contributed by atoms with van der Waals surface area (Å²) in [4.78, 5) is 6.72. The van der Waals surface area contributed by atoms with Crippen molar-refractivity contribution in [3.63, 3.8) is 0 Å². The standard InChI is InChI=1S/C14H23N3/c1-12-9-13(12)11-17(2)8-7-15-10-14-5-3-4-6-16-14/h3-6,12-13,15H,7-11H2,1-2H3. The second-order valence-electron chi connectivity index (χ2n) is 5.23. The molecule has 1 saturated carbocycles. The van der Waals surface area contributed by atoms with Gasteiger partial charge in [-0.05, 0) is 37.4 Å². The molecule has 17 heavy (non-hydrogen) atoms. The molecule has 2 atom stereocenters. The van der Waals surface area contributed by atoms with Gasteiger partial charge in [0, 0.05) is 32.4 Å². The van der Waals surface area contributed by atoms with Crippen LogP contribution in [-0.2, 0) is 6.54 Å². The number of nitrogens with zero attached hydrogens (tertiary/aromatic N) is 2. The van der Waals surface area contributed by atoms with Crippen LogP contribution in [0.1, 0.15) is 19.0 Å². The first-order chi connectivity index (χ1) is 8.25. The largest absolute Gasteiger partial charge is 0.310 e. The van der Waals surface area contributed by atoms with Crippen molar-refractivity contribution in [2.24, 2.45) is 11.8 Å². The summed E-state index contributed by atoms with van der Waals surface area (Å²) < 4.78 is 0. The fourth-order valence-corrected chi connectivity index (χ4v) is 2.13. The fourth-order valence-electron chi connectivity index (χ4n) is 2.13. The van der Waals surface area contributed by atoms with E-state index in [2.05, 4.69) is 35.2 Å². The average molecular weight is 233 g/mol. The molecule has 3 heteroatoms. The Labute approximate surface area is 104 Å². The zero-order chi connectivity index (χ0) is 12.1. The lowest BCUT2D eigenvalue weighted by Crippen LogP contribution is -2.30. The van der Waals surface area contributed by atoms with Gasteiger partial charge in [-0.2, -0.15) is 0 Å². The number of aromatic nitrogens is 1. The molecule has 1 heterocycles. The molecule has 2 unspecified atom stereocenters. The number of nitrogens with one attached hydrogen (secondary N) is 1. The summed E-state index contributed by atoms with van der Waals surface area (Å²) in [6.45, 7) is 6.63. The van der Waals surface area contributed by atoms with Crippen molar-refractivity contribution in [2.75, 3.05) is 26.7 Å². The molecular formula is C14H23N3. The lowest BCUT2D eigenvalue weighted by Gasteiger charge is -2.16. The minimum absolute atomic E-state index is 0.870. The number of hydrogen-bond donors (Lipinski definition) is 1. The van der Waals surface area contributed by atoms with Gasteiger partial charge in [-0.25, -0.2) is 0 Å². The van der Waals surface area contributed by atoms with Crippen molar-refractivity contribution in [3.05, 3.63) is 30.1 Å². The number of rotatable bonds is 7. The maximum atomic E-state index is 4.29. The molecule has 1 aliphatic rings. The van der Waals surface area contributed by atoms with Crippen LogP contribution in [0, 0.1) is 11.8 Å². The molecule has 1 N–H and O–H groups in total. The van der Waals surface area contributed by atoms with Crippen molar-refractivity contribution in [2.45, 2.75) is 19.9 Å². The normalized spacial score (nSPS) is 23.0. The smallest absolute Gasteiger partial charge is 0.0541 e. The Morgan fingerprint density at radius 1 is 1.47 bits per heavy atom. The van der Waals surface area contributed by atoms with Crippen molar-refractivity contribution in [3.8, 4) is 0 Å². The first-order valence-corrected chi connectivity index (χ1v) is 6.55. The summed E-state index contributed by atoms with van der Waals surface area (Å²) >= 11 is 0. The van der Waals surface area contributed by atoms with Gasteiger partial charge in [-0.1, -0.05) is 13.0 Å². The Balaban J connectivity index is 1.54. The fraction of sp³-hybridized carbons (Fsp3) is 0.643. The molecule has 1 aromatic rings. The predicted molar refractivity (Wildman–Crippen MR) is 70.7 cm³/mol. The Morgan fingerprint density at radius 2 is 2.29 bits per heavy atom. The van der Waals surface area contributed by atoms with E-state index in [4.69, 9.17) is 0 Å². The van der Waals surface area contributed by atoms with Gasteiger partial charge in [0.05, 0.1) is 5.69 Å². The molecule has 94 valence electrons. The van der Waals surface area contributed by atoms with Gasteiger partial charge in [0.1, 0.15) is 0 Å². The predicted octanol–water partition coefficient (Wildman–Crippen LogP) is 1.76. The molecule has 0 aliphatic heterocycles. The van der Waals surface area contributed by atoms with Crippen LogP contribution < -0.4 is 5.32 Å². The van der Waals surface area contributed by atoms with E-state index < -0.39 is 0 Å². The zero-order valence-corrected chi connectivity index (χ0v) is 10.9. The van der Waals surface area contributed by atoms with Gasteiger partial charge in [0.25, 0.3) is 0 Å². The van der Waals surface area contributed by atoms with Gasteiger partial charge in [-0.3, -0.25) is 4.98 Å². The summed E-state index contributed by atoms with van der Waals surface area (Å²) in [5.41, 5.74) is 1.12. The van der Waals surface area contributed by atoms with Crippen LogP contribution in [0.3, 0.4) is 0 Å². The average Bonchev–Trinajstić information content (AvgIpc) is 3.02. The Bertz CT molecular complexity index is 325. The molecule has 2 rings (SSSR count). The first-order valence-electron chi connectivity index (χ1n) is 6.55. The van der Waals surface area contributed by atoms with E-state index in [0.717, 1.165) is 37.2 Å². The summed E-state index contributed by atoms with van der Waals surface area (Å²) in [7, 11) is 2.22. The van der Waals surface area contributed by atoms with Crippen LogP contribution in [0.25, 0.3) is 0 Å². The molecule has 1 aliphatic carbocycles. The third-order valence-corrected chi connectivity index (χ3v) is 3.52. The third-order valence-electron chi connectivity index (χ3n) is 3.52. The first kappa shape index (κ1) is 12.5. The molecule has 3 nitrogen and oxygen atoms in total. The van der Waals surface area contributed by atoms with Crippen LogP contribution in [-0.4, -0.2) is 36.6 Å². The van der Waals surface area contributed by atoms with Gasteiger partial charge < -0.3 is 10.2 Å². The van der Waals surface area contributed by atoms with Gasteiger partial charge in [0.2, 0.25) is 0 Å². The second kappa shape index (κ2) is 6.12. The molecule has 1 aromatic heterocycles. The second-order valence-corrected chi connectivity index (χ2v) is 5.23. The van der Waals surface area contributed by atoms with Crippen molar-refractivity contribution in [1.82, 2.24) is 15.2 Å². The molecule has 0 aromatic carbocycles. The molecule has 0 saturated heterocycles. The highest BCUT2D eigenvalue weighted by Gasteiger charge is 2.32. The SMILES string of the molecule is CC1CC1CN(C)CCNCc1ccccn1. The van der Waals surface area contributed by atoms with E-state index in [1.54, 1.807) is 0 Å². The Kier molecular flexibility index (Phi) is 4.51. The molecule has 0 bridgehead atoms. The summed E-state index contributed by atoms with van der Waals surface area (Å²) in [6.07, 6.45) is 3.27. The minimum Gasteiger partial charge on any atom is -0.310 e. The highest BCUT2D eigenvalue weighted by atomic mass is 15.1. The van der Waals surface area contributed by atoms with Gasteiger partial charge in [-0.15, -0.1) is 0 Å². The van der Waals surface area contributed by atoms with Crippen molar-refractivity contribution < 1.29 is 0 Å². The topological polar surface area (TPSA) is 28.2 Å². The van der Waals surface area contributed by atoms with E-state index in [1.165, 1.54) is 13.0 Å². The van der Waals surface area contributed by atoms with Crippen molar-refractivity contribution >= 4 is 0 Å². The maximum Gasteiger partial charge on any atom is 0.0541 e. The van der Waals surface area contributed by atoms with E-state index in [1.807, 2.05) is 18.3 Å². The van der Waals surface area contributed by atoms with Crippen LogP contribution in [0.5, 0.6) is 0 Å². The number of hydrogen-bond acceptors (Lipinski definition) is 3. The van der Waals surface area contributed by atoms with Gasteiger partial charge >= 0.3 is 0 Å². The van der Waals surface area contributed by atoms with E-state index in [9.17, 15) is 0 Å². The Hall–Kier alpha value is -0.930. The molecule has 0 radical (unpaired) electrons. The molecule has 0 spiro atoms. The molecule has 1 fully saturated rings. The third kappa shape index (κ3) is 4.44. The number of likely N-dealkylation sites (N-methyl/N-ethyl adjacent to an activating group) is 1. The molecular weight excluding hydrogens is 210 g/mol. The summed E-state index contributed by atoms with van der Waals surface area (Å²) in [5, 5.41) is 3.43. The van der Waals surface area contributed by atoms with Crippen LogP contribution >= 0.6 is 0 Å². The van der Waals surface area contributed by atoms with Gasteiger partial charge in [0.15, 0.2) is 0 Å². The van der Waals surface area contributed by atoms with Crippen LogP contribution in [0.4, 0.5) is 0 Å². The highest BCUT2D eigenvalue weighted by molar-refractivity contribution is 5.02. The van der Waals surface area contributed by atoms with Crippen LogP contribution in [0.15, 0.2) is 24.4 Å². The summed E-state index contributed by atoms with van der Waals surface area (Å²) in [5.74, 6) is 1.91. The number of pyridine rings is 1. The highest BCUT2D eigenvalue weighted by Crippen LogP contribution is 2.37.